The van der Waals surface area contributed by atoms with Crippen LogP contribution in [0.4, 0.5) is 5.13 Å². The first-order valence-electron chi connectivity index (χ1n) is 5.70. The molecule has 2 aliphatic rings. The Morgan fingerprint density at radius 2 is 2.24 bits per heavy atom. The molecule has 2 fully saturated rings. The van der Waals surface area contributed by atoms with Gasteiger partial charge >= 0.3 is 0 Å². The third kappa shape index (κ3) is 1.93. The summed E-state index contributed by atoms with van der Waals surface area (Å²) in [5.74, 6) is -0.145. The average Bonchev–Trinajstić information content (AvgIpc) is 2.96. The molecule has 1 atom stereocenters. The second kappa shape index (κ2) is 3.80. The minimum Gasteiger partial charge on any atom is -0.349 e. The highest BCUT2D eigenvalue weighted by molar-refractivity contribution is 7.15. The monoisotopic (exact) mass is 251 g/mol. The predicted octanol–water partition coefficient (Wildman–Crippen LogP) is 1.15. The number of aromatic nitrogens is 1. The number of amides is 2. The Kier molecular flexibility index (Phi) is 2.39. The Morgan fingerprint density at radius 3 is 2.82 bits per heavy atom. The number of likely N-dealkylation sites (tertiary alicyclic amines) is 1. The van der Waals surface area contributed by atoms with E-state index in [0.29, 0.717) is 5.13 Å². The fourth-order valence-electron chi connectivity index (χ4n) is 2.05. The lowest BCUT2D eigenvalue weighted by molar-refractivity contribution is -0.139. The third-order valence-electron chi connectivity index (χ3n) is 3.01. The van der Waals surface area contributed by atoms with Crippen LogP contribution in [0.15, 0.2) is 6.20 Å². The molecule has 2 amide bonds. The number of imide groups is 1. The van der Waals surface area contributed by atoms with Gasteiger partial charge in [0.05, 0.1) is 6.42 Å². The zero-order valence-corrected chi connectivity index (χ0v) is 10.3. The van der Waals surface area contributed by atoms with Crippen molar-refractivity contribution in [1.29, 1.82) is 0 Å². The Balaban J connectivity index is 1.72. The maximum atomic E-state index is 12.0. The van der Waals surface area contributed by atoms with E-state index < -0.39 is 6.04 Å². The molecule has 5 nitrogen and oxygen atoms in total. The van der Waals surface area contributed by atoms with Crippen molar-refractivity contribution < 1.29 is 9.59 Å². The summed E-state index contributed by atoms with van der Waals surface area (Å²) in [5.41, 5.74) is 0. The topological polar surface area (TPSA) is 62.3 Å². The van der Waals surface area contributed by atoms with Crippen LogP contribution >= 0.6 is 11.3 Å². The molecule has 3 rings (SSSR count). The Morgan fingerprint density at radius 1 is 1.47 bits per heavy atom. The van der Waals surface area contributed by atoms with E-state index in [1.54, 1.807) is 6.20 Å². The van der Waals surface area contributed by atoms with Crippen molar-refractivity contribution in [2.24, 2.45) is 0 Å². The van der Waals surface area contributed by atoms with Crippen LogP contribution in [0.1, 0.15) is 24.1 Å². The normalized spacial score (nSPS) is 24.5. The largest absolute Gasteiger partial charge is 0.349 e. The van der Waals surface area contributed by atoms with Crippen LogP contribution in [0.25, 0.3) is 0 Å². The number of nitrogens with one attached hydrogen (secondary N) is 1. The SMILES string of the molecule is Cc1cnc(NC2CC(=O)N(C3CC3)C2=O)s1. The van der Waals surface area contributed by atoms with Crippen molar-refractivity contribution in [3.8, 4) is 0 Å². The molecule has 1 saturated heterocycles. The van der Waals surface area contributed by atoms with E-state index in [9.17, 15) is 9.59 Å². The molecule has 1 N–H and O–H groups in total. The first kappa shape index (κ1) is 10.7. The van der Waals surface area contributed by atoms with Crippen molar-refractivity contribution in [1.82, 2.24) is 9.88 Å². The number of carbonyl (C=O) groups is 2. The zero-order valence-electron chi connectivity index (χ0n) is 9.47. The van der Waals surface area contributed by atoms with Crippen LogP contribution in [0.5, 0.6) is 0 Å². The second-order valence-corrected chi connectivity index (χ2v) is 5.75. The lowest BCUT2D eigenvalue weighted by Gasteiger charge is -2.13. The first-order valence-corrected chi connectivity index (χ1v) is 6.51. The highest BCUT2D eigenvalue weighted by Crippen LogP contribution is 2.32. The minimum absolute atomic E-state index is 0.0525. The van der Waals surface area contributed by atoms with E-state index in [0.717, 1.165) is 17.7 Å². The van der Waals surface area contributed by atoms with Gasteiger partial charge in [-0.2, -0.15) is 0 Å². The number of carbonyl (C=O) groups excluding carboxylic acids is 2. The summed E-state index contributed by atoms with van der Waals surface area (Å²) < 4.78 is 0. The summed E-state index contributed by atoms with van der Waals surface area (Å²) in [6.07, 6.45) is 3.93. The number of anilines is 1. The summed E-state index contributed by atoms with van der Waals surface area (Å²) in [7, 11) is 0. The van der Waals surface area contributed by atoms with Crippen molar-refractivity contribution in [3.05, 3.63) is 11.1 Å². The zero-order chi connectivity index (χ0) is 12.0. The molecule has 0 radical (unpaired) electrons. The highest BCUT2D eigenvalue weighted by Gasteiger charge is 2.46. The van der Waals surface area contributed by atoms with Gasteiger partial charge in [-0.05, 0) is 19.8 Å². The summed E-state index contributed by atoms with van der Waals surface area (Å²) in [6.45, 7) is 1.96. The third-order valence-corrected chi connectivity index (χ3v) is 3.86. The molecule has 90 valence electrons. The number of nitrogens with zero attached hydrogens (tertiary/aromatic N) is 2. The quantitative estimate of drug-likeness (QED) is 0.819. The summed E-state index contributed by atoms with van der Waals surface area (Å²) in [5, 5.41) is 3.76. The average molecular weight is 251 g/mol. The van der Waals surface area contributed by atoms with Gasteiger partial charge in [0.1, 0.15) is 6.04 Å². The van der Waals surface area contributed by atoms with Gasteiger partial charge in [0.15, 0.2) is 5.13 Å². The van der Waals surface area contributed by atoms with Gasteiger partial charge in [-0.1, -0.05) is 0 Å². The van der Waals surface area contributed by atoms with Crippen molar-refractivity contribution in [2.45, 2.75) is 38.3 Å². The Hall–Kier alpha value is -1.43. The number of hydrogen-bond acceptors (Lipinski definition) is 5. The summed E-state index contributed by atoms with van der Waals surface area (Å²) in [4.78, 5) is 30.4. The number of aryl methyl sites for hydroxylation is 1. The van der Waals surface area contributed by atoms with Crippen LogP contribution in [-0.2, 0) is 9.59 Å². The fourth-order valence-corrected chi connectivity index (χ4v) is 2.77. The minimum atomic E-state index is -0.423. The van der Waals surface area contributed by atoms with E-state index in [1.807, 2.05) is 6.92 Å². The maximum absolute atomic E-state index is 12.0. The molecule has 1 aromatic rings. The lowest BCUT2D eigenvalue weighted by Crippen LogP contribution is -2.36. The molecule has 2 heterocycles. The number of thiazole rings is 1. The van der Waals surface area contributed by atoms with Crippen LogP contribution in [0, 0.1) is 6.92 Å². The molecule has 0 bridgehead atoms. The molecule has 0 aromatic carbocycles. The van der Waals surface area contributed by atoms with Gasteiger partial charge in [-0.15, -0.1) is 11.3 Å². The molecule has 6 heteroatoms. The first-order chi connectivity index (χ1) is 8.15. The van der Waals surface area contributed by atoms with Crippen LogP contribution in [0.2, 0.25) is 0 Å². The van der Waals surface area contributed by atoms with Gasteiger partial charge in [0, 0.05) is 17.1 Å². The molecule has 17 heavy (non-hydrogen) atoms. The number of rotatable bonds is 3. The standard InChI is InChI=1S/C11H13N3O2S/c1-6-5-12-11(17-6)13-8-4-9(15)14(10(8)16)7-2-3-7/h5,7-8H,2-4H2,1H3,(H,12,13). The molecule has 1 unspecified atom stereocenters. The van der Waals surface area contributed by atoms with E-state index in [4.69, 9.17) is 0 Å². The van der Waals surface area contributed by atoms with Gasteiger partial charge < -0.3 is 5.32 Å². The summed E-state index contributed by atoms with van der Waals surface area (Å²) in [6, 6.07) is -0.256. The molecule has 1 aliphatic carbocycles. The molecule has 1 aliphatic heterocycles. The summed E-state index contributed by atoms with van der Waals surface area (Å²) >= 11 is 1.50. The van der Waals surface area contributed by atoms with Crippen molar-refractivity contribution in [2.75, 3.05) is 5.32 Å². The second-order valence-electron chi connectivity index (χ2n) is 4.51. The smallest absolute Gasteiger partial charge is 0.252 e. The van der Waals surface area contributed by atoms with E-state index in [2.05, 4.69) is 10.3 Å². The van der Waals surface area contributed by atoms with Gasteiger partial charge in [-0.3, -0.25) is 14.5 Å². The van der Waals surface area contributed by atoms with Crippen LogP contribution in [0.3, 0.4) is 0 Å². The molecular formula is C11H13N3O2S. The lowest BCUT2D eigenvalue weighted by atomic mass is 10.2. The van der Waals surface area contributed by atoms with Gasteiger partial charge in [0.2, 0.25) is 5.91 Å². The van der Waals surface area contributed by atoms with Crippen molar-refractivity contribution >= 4 is 28.3 Å². The van der Waals surface area contributed by atoms with Crippen molar-refractivity contribution in [3.63, 3.8) is 0 Å². The Bertz CT molecular complexity index is 481. The highest BCUT2D eigenvalue weighted by atomic mass is 32.1. The molecular weight excluding hydrogens is 238 g/mol. The molecule has 1 aromatic heterocycles. The van der Waals surface area contributed by atoms with Crippen LogP contribution < -0.4 is 5.32 Å². The fraction of sp³-hybridized carbons (Fsp3) is 0.545. The number of hydrogen-bond donors (Lipinski definition) is 1. The van der Waals surface area contributed by atoms with E-state index in [-0.39, 0.29) is 24.3 Å². The van der Waals surface area contributed by atoms with E-state index >= 15 is 0 Å². The predicted molar refractivity (Wildman–Crippen MR) is 63.8 cm³/mol. The van der Waals surface area contributed by atoms with E-state index in [1.165, 1.54) is 16.2 Å². The maximum Gasteiger partial charge on any atom is 0.252 e. The molecule has 1 saturated carbocycles. The Labute approximate surface area is 103 Å². The molecule has 0 spiro atoms. The van der Waals surface area contributed by atoms with Gasteiger partial charge in [-0.25, -0.2) is 4.98 Å². The van der Waals surface area contributed by atoms with Gasteiger partial charge in [0.25, 0.3) is 5.91 Å². The van der Waals surface area contributed by atoms with Crippen LogP contribution in [-0.4, -0.2) is 33.8 Å².